The lowest BCUT2D eigenvalue weighted by atomic mass is 9.83. The Morgan fingerprint density at radius 1 is 1.37 bits per heavy atom. The topological polar surface area (TPSA) is 66.8 Å². The smallest absolute Gasteiger partial charge is 0.309 e. The van der Waals surface area contributed by atoms with Crippen LogP contribution >= 0.6 is 0 Å². The minimum absolute atomic E-state index is 0.0942. The number of carbonyl (C=O) groups is 1. The van der Waals surface area contributed by atoms with Gasteiger partial charge in [-0.1, -0.05) is 13.5 Å². The third-order valence-corrected chi connectivity index (χ3v) is 4.36. The first-order valence-corrected chi connectivity index (χ1v) is 6.82. The van der Waals surface area contributed by atoms with E-state index in [0.29, 0.717) is 6.42 Å². The van der Waals surface area contributed by atoms with Crippen molar-refractivity contribution >= 4 is 5.97 Å². The molecule has 0 aromatic heterocycles. The second-order valence-corrected chi connectivity index (χ2v) is 5.73. The average molecular weight is 266 g/mol. The number of ether oxygens (including phenoxy) is 1. The van der Waals surface area contributed by atoms with E-state index < -0.39 is 12.2 Å². The van der Waals surface area contributed by atoms with Crippen LogP contribution in [0, 0.1) is 11.8 Å². The number of hydrogen-bond acceptors (Lipinski definition) is 4. The molecule has 4 nitrogen and oxygen atoms in total. The van der Waals surface area contributed by atoms with Crippen molar-refractivity contribution in [3.8, 4) is 0 Å². The Morgan fingerprint density at radius 2 is 2.05 bits per heavy atom. The molecule has 2 rings (SSSR count). The highest BCUT2D eigenvalue weighted by atomic mass is 16.6. The van der Waals surface area contributed by atoms with E-state index >= 15 is 0 Å². The normalized spacial score (nSPS) is 43.2. The molecule has 2 aliphatic rings. The Hall–Kier alpha value is -1.13. The first-order chi connectivity index (χ1) is 8.90. The number of rotatable bonds is 0. The number of carbonyl (C=O) groups excluding carboxylic acids is 1. The zero-order chi connectivity index (χ0) is 14.2. The molecular formula is C15H22O4. The monoisotopic (exact) mass is 266 g/mol. The molecule has 0 saturated carbocycles. The van der Waals surface area contributed by atoms with Crippen molar-refractivity contribution in [3.05, 3.63) is 23.8 Å². The Morgan fingerprint density at radius 3 is 2.74 bits per heavy atom. The molecule has 2 N–H and O–H groups in total. The molecule has 0 radical (unpaired) electrons. The Bertz CT molecular complexity index is 412. The van der Waals surface area contributed by atoms with Gasteiger partial charge in [0.25, 0.3) is 0 Å². The summed E-state index contributed by atoms with van der Waals surface area (Å²) in [5, 5.41) is 20.0. The lowest BCUT2D eigenvalue weighted by molar-refractivity contribution is -0.142. The molecule has 1 aliphatic carbocycles. The Labute approximate surface area is 113 Å². The zero-order valence-corrected chi connectivity index (χ0v) is 11.5. The fourth-order valence-corrected chi connectivity index (χ4v) is 2.81. The maximum atomic E-state index is 11.7. The van der Waals surface area contributed by atoms with E-state index in [1.165, 1.54) is 0 Å². The van der Waals surface area contributed by atoms with Crippen molar-refractivity contribution in [3.63, 3.8) is 0 Å². The van der Waals surface area contributed by atoms with Crippen molar-refractivity contribution in [2.75, 3.05) is 0 Å². The summed E-state index contributed by atoms with van der Waals surface area (Å²) in [4.78, 5) is 11.7. The van der Waals surface area contributed by atoms with Crippen LogP contribution < -0.4 is 0 Å². The van der Waals surface area contributed by atoms with Gasteiger partial charge in [-0.05, 0) is 37.0 Å². The zero-order valence-electron chi connectivity index (χ0n) is 11.5. The summed E-state index contributed by atoms with van der Waals surface area (Å²) in [5.41, 5.74) is 1.46. The van der Waals surface area contributed by atoms with Crippen LogP contribution in [0.25, 0.3) is 0 Å². The van der Waals surface area contributed by atoms with Crippen LogP contribution in [-0.2, 0) is 9.53 Å². The van der Waals surface area contributed by atoms with Gasteiger partial charge in [0.2, 0.25) is 0 Å². The third kappa shape index (κ3) is 2.90. The van der Waals surface area contributed by atoms with Crippen LogP contribution in [0.5, 0.6) is 0 Å². The van der Waals surface area contributed by atoms with Gasteiger partial charge in [-0.3, -0.25) is 4.79 Å². The SMILES string of the molecule is C=C1CC[C@@H]2[C@H](/C=C(/C)[C@H](O)C[C@H]1O)OC(=O)[C@H]2C. The molecule has 1 aliphatic heterocycles. The van der Waals surface area contributed by atoms with Gasteiger partial charge in [-0.2, -0.15) is 0 Å². The van der Waals surface area contributed by atoms with Gasteiger partial charge in [0, 0.05) is 12.3 Å². The third-order valence-electron chi connectivity index (χ3n) is 4.36. The predicted molar refractivity (Wildman–Crippen MR) is 71.3 cm³/mol. The number of aliphatic hydroxyl groups is 2. The highest BCUT2D eigenvalue weighted by Gasteiger charge is 2.41. The van der Waals surface area contributed by atoms with E-state index in [-0.39, 0.29) is 30.3 Å². The van der Waals surface area contributed by atoms with Gasteiger partial charge in [0.05, 0.1) is 18.1 Å². The number of fused-ring (bicyclic) bond motifs is 1. The molecule has 19 heavy (non-hydrogen) atoms. The van der Waals surface area contributed by atoms with Crippen LogP contribution in [-0.4, -0.2) is 34.5 Å². The summed E-state index contributed by atoms with van der Waals surface area (Å²) in [6.07, 6.45) is 1.83. The van der Waals surface area contributed by atoms with Gasteiger partial charge >= 0.3 is 5.97 Å². The van der Waals surface area contributed by atoms with Crippen molar-refractivity contribution in [1.82, 2.24) is 0 Å². The molecule has 0 aromatic carbocycles. The maximum Gasteiger partial charge on any atom is 0.309 e. The van der Waals surface area contributed by atoms with Crippen molar-refractivity contribution < 1.29 is 19.7 Å². The fraction of sp³-hybridized carbons (Fsp3) is 0.667. The molecule has 0 aromatic rings. The Kier molecular flexibility index (Phi) is 4.11. The quantitative estimate of drug-likeness (QED) is 0.516. The molecule has 5 atom stereocenters. The van der Waals surface area contributed by atoms with Crippen LogP contribution in [0.3, 0.4) is 0 Å². The van der Waals surface area contributed by atoms with E-state index in [1.54, 1.807) is 6.92 Å². The fourth-order valence-electron chi connectivity index (χ4n) is 2.81. The van der Waals surface area contributed by atoms with Gasteiger partial charge in [0.15, 0.2) is 0 Å². The summed E-state index contributed by atoms with van der Waals surface area (Å²) >= 11 is 0. The van der Waals surface area contributed by atoms with Crippen LogP contribution in [0.1, 0.15) is 33.1 Å². The predicted octanol–water partition coefficient (Wildman–Crippen LogP) is 1.57. The summed E-state index contributed by atoms with van der Waals surface area (Å²) in [5.74, 6) is -0.230. The van der Waals surface area contributed by atoms with Crippen LogP contribution in [0.2, 0.25) is 0 Å². The summed E-state index contributed by atoms with van der Waals surface area (Å²) < 4.78 is 5.37. The molecule has 1 heterocycles. The standard InChI is InChI=1S/C15H22O4/c1-8-4-5-11-10(3)15(18)19-14(11)6-9(2)13(17)7-12(8)16/h6,10-14,16-17H,1,4-5,7H2,2-3H3/b9-6-/t10-,11-,12+,13+,14-/m0/s1. The number of esters is 1. The number of hydrogen-bond donors (Lipinski definition) is 2. The van der Waals surface area contributed by atoms with Crippen molar-refractivity contribution in [2.45, 2.75) is 51.4 Å². The van der Waals surface area contributed by atoms with Gasteiger partial charge in [-0.25, -0.2) is 0 Å². The van der Waals surface area contributed by atoms with E-state index in [4.69, 9.17) is 4.74 Å². The highest BCUT2D eigenvalue weighted by molar-refractivity contribution is 5.75. The molecule has 4 heteroatoms. The Balaban J connectivity index is 2.27. The number of aliphatic hydroxyl groups excluding tert-OH is 2. The molecular weight excluding hydrogens is 244 g/mol. The molecule has 106 valence electrons. The molecule has 1 saturated heterocycles. The molecule has 0 bridgehead atoms. The van der Waals surface area contributed by atoms with Crippen LogP contribution in [0.15, 0.2) is 23.8 Å². The molecule has 1 fully saturated rings. The van der Waals surface area contributed by atoms with Crippen molar-refractivity contribution in [1.29, 1.82) is 0 Å². The summed E-state index contributed by atoms with van der Waals surface area (Å²) in [6, 6.07) is 0. The lowest BCUT2D eigenvalue weighted by Crippen LogP contribution is -2.26. The largest absolute Gasteiger partial charge is 0.458 e. The minimum atomic E-state index is -0.722. The van der Waals surface area contributed by atoms with Gasteiger partial charge in [0.1, 0.15) is 6.10 Å². The van der Waals surface area contributed by atoms with Gasteiger partial charge in [-0.15, -0.1) is 0 Å². The first-order valence-electron chi connectivity index (χ1n) is 6.82. The highest BCUT2D eigenvalue weighted by Crippen LogP contribution is 2.35. The first kappa shape index (κ1) is 14.3. The van der Waals surface area contributed by atoms with E-state index in [9.17, 15) is 15.0 Å². The molecule has 0 amide bonds. The summed E-state index contributed by atoms with van der Waals surface area (Å²) in [6.45, 7) is 7.55. The molecule has 0 spiro atoms. The second kappa shape index (κ2) is 5.47. The van der Waals surface area contributed by atoms with Crippen LogP contribution in [0.4, 0.5) is 0 Å². The summed E-state index contributed by atoms with van der Waals surface area (Å²) in [7, 11) is 0. The minimum Gasteiger partial charge on any atom is -0.458 e. The van der Waals surface area contributed by atoms with E-state index in [1.807, 2.05) is 13.0 Å². The van der Waals surface area contributed by atoms with E-state index in [2.05, 4.69) is 6.58 Å². The molecule has 0 unspecified atom stereocenters. The van der Waals surface area contributed by atoms with Crippen molar-refractivity contribution in [2.24, 2.45) is 11.8 Å². The lowest BCUT2D eigenvalue weighted by Gasteiger charge is -2.24. The van der Waals surface area contributed by atoms with Gasteiger partial charge < -0.3 is 14.9 Å². The second-order valence-electron chi connectivity index (χ2n) is 5.73. The average Bonchev–Trinajstić information content (AvgIpc) is 2.61. The van der Waals surface area contributed by atoms with E-state index in [0.717, 1.165) is 17.6 Å². The maximum absolute atomic E-state index is 11.7.